The van der Waals surface area contributed by atoms with E-state index in [0.29, 0.717) is 11.4 Å². The zero-order valence-electron chi connectivity index (χ0n) is 11.8. The zero-order valence-corrected chi connectivity index (χ0v) is 13.4. The van der Waals surface area contributed by atoms with Gasteiger partial charge in [-0.25, -0.2) is 0 Å². The number of rotatable bonds is 5. The predicted molar refractivity (Wildman–Crippen MR) is 85.9 cm³/mol. The minimum Gasteiger partial charge on any atom is -0.497 e. The van der Waals surface area contributed by atoms with Gasteiger partial charge in [-0.1, -0.05) is 12.1 Å². The molecule has 0 saturated carbocycles. The molecule has 0 saturated heterocycles. The normalized spacial score (nSPS) is 11.6. The number of amides is 1. The largest absolute Gasteiger partial charge is 0.497 e. The average molecular weight is 350 g/mol. The highest BCUT2D eigenvalue weighted by atomic mass is 79.9. The smallest absolute Gasteiger partial charge is 0.265 e. The van der Waals surface area contributed by atoms with Gasteiger partial charge in [0.1, 0.15) is 11.5 Å². The molecule has 1 N–H and O–H groups in total. The van der Waals surface area contributed by atoms with E-state index in [1.807, 2.05) is 18.2 Å². The summed E-state index contributed by atoms with van der Waals surface area (Å²) in [5.41, 5.74) is 0.698. The summed E-state index contributed by atoms with van der Waals surface area (Å²) in [6.45, 7) is 1.71. The average Bonchev–Trinajstić information content (AvgIpc) is 2.50. The number of halogens is 1. The van der Waals surface area contributed by atoms with E-state index in [1.54, 1.807) is 44.4 Å². The van der Waals surface area contributed by atoms with E-state index in [2.05, 4.69) is 21.2 Å². The van der Waals surface area contributed by atoms with Gasteiger partial charge in [-0.3, -0.25) is 4.79 Å². The second-order valence-electron chi connectivity index (χ2n) is 4.41. The molecule has 2 aromatic rings. The minimum atomic E-state index is -0.606. The topological polar surface area (TPSA) is 47.6 Å². The molecule has 5 heteroatoms. The lowest BCUT2D eigenvalue weighted by atomic mass is 10.2. The first kappa shape index (κ1) is 15.4. The van der Waals surface area contributed by atoms with Crippen molar-refractivity contribution in [3.05, 3.63) is 53.0 Å². The maximum atomic E-state index is 12.1. The van der Waals surface area contributed by atoms with E-state index in [9.17, 15) is 4.79 Å². The summed E-state index contributed by atoms with van der Waals surface area (Å²) < 4.78 is 11.5. The van der Waals surface area contributed by atoms with Gasteiger partial charge in [0.25, 0.3) is 5.91 Å². The van der Waals surface area contributed by atoms with Crippen molar-refractivity contribution in [1.82, 2.24) is 0 Å². The first-order valence-corrected chi connectivity index (χ1v) is 7.25. The number of carbonyl (C=O) groups is 1. The van der Waals surface area contributed by atoms with Gasteiger partial charge in [-0.2, -0.15) is 0 Å². The Morgan fingerprint density at radius 3 is 2.43 bits per heavy atom. The maximum Gasteiger partial charge on any atom is 0.265 e. The van der Waals surface area contributed by atoms with Crippen molar-refractivity contribution in [3.63, 3.8) is 0 Å². The Morgan fingerprint density at radius 1 is 1.14 bits per heavy atom. The number of methoxy groups -OCH3 is 1. The van der Waals surface area contributed by atoms with Gasteiger partial charge in [0.15, 0.2) is 6.10 Å². The molecular weight excluding hydrogens is 334 g/mol. The van der Waals surface area contributed by atoms with Gasteiger partial charge >= 0.3 is 0 Å². The van der Waals surface area contributed by atoms with E-state index in [4.69, 9.17) is 9.47 Å². The summed E-state index contributed by atoms with van der Waals surface area (Å²) in [6, 6.07) is 14.5. The lowest BCUT2D eigenvalue weighted by Gasteiger charge is -2.15. The van der Waals surface area contributed by atoms with E-state index in [1.165, 1.54) is 0 Å². The number of anilines is 1. The number of hydrogen-bond donors (Lipinski definition) is 1. The van der Waals surface area contributed by atoms with Crippen LogP contribution < -0.4 is 14.8 Å². The van der Waals surface area contributed by atoms with Crippen molar-refractivity contribution in [2.24, 2.45) is 0 Å². The summed E-state index contributed by atoms with van der Waals surface area (Å²) in [7, 11) is 1.60. The van der Waals surface area contributed by atoms with Gasteiger partial charge in [0.05, 0.1) is 11.6 Å². The van der Waals surface area contributed by atoms with Crippen molar-refractivity contribution in [2.75, 3.05) is 12.4 Å². The summed E-state index contributed by atoms with van der Waals surface area (Å²) >= 11 is 3.39. The Labute approximate surface area is 132 Å². The molecule has 0 bridgehead atoms. The van der Waals surface area contributed by atoms with E-state index >= 15 is 0 Å². The van der Waals surface area contributed by atoms with Crippen LogP contribution in [0.15, 0.2) is 53.0 Å². The molecule has 0 spiro atoms. The van der Waals surface area contributed by atoms with Crippen LogP contribution in [-0.2, 0) is 4.79 Å². The lowest BCUT2D eigenvalue weighted by Crippen LogP contribution is -2.30. The van der Waals surface area contributed by atoms with Crippen LogP contribution in [0.25, 0.3) is 0 Å². The summed E-state index contributed by atoms with van der Waals surface area (Å²) in [5, 5.41) is 2.80. The minimum absolute atomic E-state index is 0.212. The van der Waals surface area contributed by atoms with E-state index in [0.717, 1.165) is 10.2 Å². The Bertz CT molecular complexity index is 613. The van der Waals surface area contributed by atoms with Crippen LogP contribution in [0, 0.1) is 0 Å². The third kappa shape index (κ3) is 4.23. The molecule has 0 aromatic heterocycles. The van der Waals surface area contributed by atoms with Crippen molar-refractivity contribution >= 4 is 27.5 Å². The molecule has 0 aliphatic heterocycles. The van der Waals surface area contributed by atoms with E-state index in [-0.39, 0.29) is 5.91 Å². The molecule has 0 heterocycles. The van der Waals surface area contributed by atoms with Crippen molar-refractivity contribution < 1.29 is 14.3 Å². The SMILES string of the molecule is COc1ccc(NC(=O)C(C)Oc2ccccc2Br)cc1. The third-order valence-corrected chi connectivity index (χ3v) is 3.52. The monoisotopic (exact) mass is 349 g/mol. The Balaban J connectivity index is 1.97. The van der Waals surface area contributed by atoms with Crippen LogP contribution >= 0.6 is 15.9 Å². The first-order chi connectivity index (χ1) is 10.1. The number of carbonyl (C=O) groups excluding carboxylic acids is 1. The number of nitrogens with one attached hydrogen (secondary N) is 1. The van der Waals surface area contributed by atoms with E-state index < -0.39 is 6.10 Å². The highest BCUT2D eigenvalue weighted by Crippen LogP contribution is 2.25. The molecule has 110 valence electrons. The van der Waals surface area contributed by atoms with Crippen LogP contribution in [-0.4, -0.2) is 19.1 Å². The van der Waals surface area contributed by atoms with Gasteiger partial charge < -0.3 is 14.8 Å². The van der Waals surface area contributed by atoms with Gasteiger partial charge in [-0.15, -0.1) is 0 Å². The molecule has 0 aliphatic rings. The first-order valence-electron chi connectivity index (χ1n) is 6.46. The lowest BCUT2D eigenvalue weighted by molar-refractivity contribution is -0.122. The Morgan fingerprint density at radius 2 is 1.81 bits per heavy atom. The molecule has 0 aliphatic carbocycles. The molecule has 1 amide bonds. The third-order valence-electron chi connectivity index (χ3n) is 2.87. The number of para-hydroxylation sites is 1. The highest BCUT2D eigenvalue weighted by molar-refractivity contribution is 9.10. The summed E-state index contributed by atoms with van der Waals surface area (Å²) in [6.07, 6.45) is -0.606. The van der Waals surface area contributed by atoms with Gasteiger partial charge in [0.2, 0.25) is 0 Å². The standard InChI is InChI=1S/C16H16BrNO3/c1-11(21-15-6-4-3-5-14(15)17)16(19)18-12-7-9-13(20-2)10-8-12/h3-11H,1-2H3,(H,18,19). The molecular formula is C16H16BrNO3. The van der Waals surface area contributed by atoms with Crippen molar-refractivity contribution in [1.29, 1.82) is 0 Å². The fraction of sp³-hybridized carbons (Fsp3) is 0.188. The fourth-order valence-electron chi connectivity index (χ4n) is 1.70. The quantitative estimate of drug-likeness (QED) is 0.891. The van der Waals surface area contributed by atoms with Crippen molar-refractivity contribution in [3.8, 4) is 11.5 Å². The van der Waals surface area contributed by atoms with Crippen LogP contribution in [0.4, 0.5) is 5.69 Å². The number of ether oxygens (including phenoxy) is 2. The maximum absolute atomic E-state index is 12.1. The Kier molecular flexibility index (Phi) is 5.22. The predicted octanol–water partition coefficient (Wildman–Crippen LogP) is 3.86. The molecule has 4 nitrogen and oxygen atoms in total. The summed E-state index contributed by atoms with van der Waals surface area (Å²) in [4.78, 5) is 12.1. The van der Waals surface area contributed by atoms with Crippen LogP contribution in [0.5, 0.6) is 11.5 Å². The van der Waals surface area contributed by atoms with Crippen molar-refractivity contribution in [2.45, 2.75) is 13.0 Å². The van der Waals surface area contributed by atoms with Gasteiger partial charge in [-0.05, 0) is 59.3 Å². The second-order valence-corrected chi connectivity index (χ2v) is 5.26. The zero-order chi connectivity index (χ0) is 15.2. The number of benzene rings is 2. The summed E-state index contributed by atoms with van der Waals surface area (Å²) in [5.74, 6) is 1.16. The number of hydrogen-bond acceptors (Lipinski definition) is 3. The molecule has 1 atom stereocenters. The Hall–Kier alpha value is -2.01. The molecule has 0 radical (unpaired) electrons. The van der Waals surface area contributed by atoms with Crippen LogP contribution in [0.1, 0.15) is 6.92 Å². The van der Waals surface area contributed by atoms with Gasteiger partial charge in [0, 0.05) is 5.69 Å². The molecule has 0 fully saturated rings. The molecule has 21 heavy (non-hydrogen) atoms. The molecule has 2 rings (SSSR count). The van der Waals surface area contributed by atoms with Crippen LogP contribution in [0.3, 0.4) is 0 Å². The highest BCUT2D eigenvalue weighted by Gasteiger charge is 2.16. The fourth-order valence-corrected chi connectivity index (χ4v) is 2.08. The molecule has 1 unspecified atom stereocenters. The second kappa shape index (κ2) is 7.13. The van der Waals surface area contributed by atoms with Crippen LogP contribution in [0.2, 0.25) is 0 Å². The molecule has 2 aromatic carbocycles.